The van der Waals surface area contributed by atoms with Crippen molar-refractivity contribution in [2.75, 3.05) is 13.2 Å². The Bertz CT molecular complexity index is 1100. The second-order valence-corrected chi connectivity index (χ2v) is 8.88. The van der Waals surface area contributed by atoms with Gasteiger partial charge in [0, 0.05) is 30.8 Å². The van der Waals surface area contributed by atoms with E-state index in [1.807, 2.05) is 59.7 Å². The highest BCUT2D eigenvalue weighted by atomic mass is 16.5. The standard InChI is InChI=1S/C28H32N2O3/c1-4-5-18-33-27-24(31)16-17-29-23(19-30(20(2)3)28(32)26(27)29)25(21-12-8-6-9-13-21)22-14-10-7-11-15-22/h6-17,20,23,25H,4-5,18-19H2,1-3H3/t23-/m1/s1. The van der Waals surface area contributed by atoms with Gasteiger partial charge in [0.25, 0.3) is 5.91 Å². The van der Waals surface area contributed by atoms with Crippen LogP contribution in [0.4, 0.5) is 0 Å². The highest BCUT2D eigenvalue weighted by Crippen LogP contribution is 2.40. The van der Waals surface area contributed by atoms with E-state index in [9.17, 15) is 9.59 Å². The highest BCUT2D eigenvalue weighted by Gasteiger charge is 2.39. The van der Waals surface area contributed by atoms with Crippen LogP contribution in [0.5, 0.6) is 5.75 Å². The Labute approximate surface area is 195 Å². The van der Waals surface area contributed by atoms with E-state index in [2.05, 4.69) is 31.2 Å². The fourth-order valence-electron chi connectivity index (χ4n) is 4.65. The molecule has 0 N–H and O–H groups in total. The molecule has 172 valence electrons. The van der Waals surface area contributed by atoms with Gasteiger partial charge in [0.05, 0.1) is 12.6 Å². The number of amides is 1. The average Bonchev–Trinajstić information content (AvgIpc) is 2.83. The number of nitrogens with zero attached hydrogens (tertiary/aromatic N) is 2. The van der Waals surface area contributed by atoms with Gasteiger partial charge in [-0.25, -0.2) is 0 Å². The van der Waals surface area contributed by atoms with Crippen LogP contribution in [0, 0.1) is 0 Å². The van der Waals surface area contributed by atoms with Crippen LogP contribution in [0.1, 0.15) is 67.2 Å². The monoisotopic (exact) mass is 444 g/mol. The molecule has 4 rings (SSSR count). The molecule has 0 aliphatic carbocycles. The third kappa shape index (κ3) is 4.58. The van der Waals surface area contributed by atoms with Gasteiger partial charge in [-0.05, 0) is 31.4 Å². The Kier molecular flexibility index (Phi) is 6.97. The summed E-state index contributed by atoms with van der Waals surface area (Å²) in [7, 11) is 0. The molecule has 2 heterocycles. The molecule has 1 atom stereocenters. The van der Waals surface area contributed by atoms with Gasteiger partial charge in [0.2, 0.25) is 5.43 Å². The molecule has 1 aliphatic rings. The number of hydrogen-bond acceptors (Lipinski definition) is 3. The summed E-state index contributed by atoms with van der Waals surface area (Å²) in [6, 6.07) is 22.2. The van der Waals surface area contributed by atoms with E-state index in [0.29, 0.717) is 18.8 Å². The van der Waals surface area contributed by atoms with Crippen molar-refractivity contribution in [3.05, 3.63) is 100.0 Å². The molecule has 1 amide bonds. The predicted molar refractivity (Wildman–Crippen MR) is 131 cm³/mol. The molecule has 1 aromatic heterocycles. The smallest absolute Gasteiger partial charge is 0.274 e. The summed E-state index contributed by atoms with van der Waals surface area (Å²) in [5.74, 6) is 0.0305. The Morgan fingerprint density at radius 3 is 2.09 bits per heavy atom. The number of hydrogen-bond donors (Lipinski definition) is 0. The van der Waals surface area contributed by atoms with E-state index in [1.165, 1.54) is 17.2 Å². The van der Waals surface area contributed by atoms with Crippen LogP contribution in [-0.2, 0) is 0 Å². The fourth-order valence-corrected chi connectivity index (χ4v) is 4.65. The number of pyridine rings is 1. The summed E-state index contributed by atoms with van der Waals surface area (Å²) in [5.41, 5.74) is 2.46. The van der Waals surface area contributed by atoms with Gasteiger partial charge in [-0.2, -0.15) is 0 Å². The van der Waals surface area contributed by atoms with Crippen LogP contribution in [0.3, 0.4) is 0 Å². The molecule has 0 bridgehead atoms. The molecule has 5 heteroatoms. The van der Waals surface area contributed by atoms with Gasteiger partial charge in [-0.15, -0.1) is 0 Å². The first kappa shape index (κ1) is 22.8. The number of carbonyl (C=O) groups excluding carboxylic acids is 1. The lowest BCUT2D eigenvalue weighted by Crippen LogP contribution is -2.49. The molecule has 0 unspecified atom stereocenters. The van der Waals surface area contributed by atoms with Gasteiger partial charge in [-0.1, -0.05) is 74.0 Å². The number of unbranched alkanes of at least 4 members (excludes halogenated alkanes) is 1. The molecule has 0 radical (unpaired) electrons. The first-order chi connectivity index (χ1) is 16.0. The number of ether oxygens (including phenoxy) is 1. The molecular weight excluding hydrogens is 412 g/mol. The Hall–Kier alpha value is -3.34. The van der Waals surface area contributed by atoms with Gasteiger partial charge in [0.15, 0.2) is 11.4 Å². The van der Waals surface area contributed by atoms with E-state index < -0.39 is 0 Å². The molecule has 0 fully saturated rings. The molecule has 3 aromatic rings. The largest absolute Gasteiger partial charge is 0.487 e. The summed E-state index contributed by atoms with van der Waals surface area (Å²) >= 11 is 0. The van der Waals surface area contributed by atoms with Crippen LogP contribution in [0.15, 0.2) is 77.7 Å². The van der Waals surface area contributed by atoms with Crippen LogP contribution in [0.25, 0.3) is 0 Å². The second kappa shape index (κ2) is 10.1. The SMILES string of the molecule is CCCCOc1c2n(ccc1=O)[C@@H](C(c1ccccc1)c1ccccc1)CN(C(C)C)C2=O. The first-order valence-electron chi connectivity index (χ1n) is 11.8. The Morgan fingerprint density at radius 2 is 1.55 bits per heavy atom. The number of fused-ring (bicyclic) bond motifs is 1. The van der Waals surface area contributed by atoms with E-state index in [0.717, 1.165) is 12.8 Å². The molecule has 33 heavy (non-hydrogen) atoms. The Morgan fingerprint density at radius 1 is 0.939 bits per heavy atom. The molecule has 2 aromatic carbocycles. The van der Waals surface area contributed by atoms with Gasteiger partial charge in [0.1, 0.15) is 0 Å². The lowest BCUT2D eigenvalue weighted by Gasteiger charge is -2.42. The average molecular weight is 445 g/mol. The van der Waals surface area contributed by atoms with Crippen molar-refractivity contribution in [1.29, 1.82) is 0 Å². The number of aromatic nitrogens is 1. The maximum Gasteiger partial charge on any atom is 0.274 e. The van der Waals surface area contributed by atoms with E-state index in [1.54, 1.807) is 6.20 Å². The van der Waals surface area contributed by atoms with Crippen molar-refractivity contribution < 1.29 is 9.53 Å². The van der Waals surface area contributed by atoms with Crippen LogP contribution in [-0.4, -0.2) is 34.6 Å². The zero-order valence-corrected chi connectivity index (χ0v) is 19.6. The molecule has 1 aliphatic heterocycles. The maximum atomic E-state index is 13.6. The van der Waals surface area contributed by atoms with Gasteiger partial charge >= 0.3 is 0 Å². The minimum absolute atomic E-state index is 0.000235. The van der Waals surface area contributed by atoms with E-state index >= 15 is 0 Å². The van der Waals surface area contributed by atoms with E-state index in [-0.39, 0.29) is 35.1 Å². The minimum Gasteiger partial charge on any atom is -0.487 e. The predicted octanol–water partition coefficient (Wildman–Crippen LogP) is 5.26. The van der Waals surface area contributed by atoms with E-state index in [4.69, 9.17) is 4.74 Å². The van der Waals surface area contributed by atoms with Crippen LogP contribution >= 0.6 is 0 Å². The molecular formula is C28H32N2O3. The van der Waals surface area contributed by atoms with Crippen LogP contribution in [0.2, 0.25) is 0 Å². The van der Waals surface area contributed by atoms with Gasteiger partial charge in [-0.3, -0.25) is 9.59 Å². The van der Waals surface area contributed by atoms with Crippen molar-refractivity contribution in [3.8, 4) is 5.75 Å². The normalized spacial score (nSPS) is 15.7. The topological polar surface area (TPSA) is 51.5 Å². The summed E-state index contributed by atoms with van der Waals surface area (Å²) in [6.07, 6.45) is 3.55. The molecule has 5 nitrogen and oxygen atoms in total. The van der Waals surface area contributed by atoms with Gasteiger partial charge < -0.3 is 14.2 Å². The summed E-state index contributed by atoms with van der Waals surface area (Å²) in [4.78, 5) is 28.3. The lowest BCUT2D eigenvalue weighted by molar-refractivity contribution is 0.0585. The molecule has 0 spiro atoms. The Balaban J connectivity index is 1.91. The van der Waals surface area contributed by atoms with Crippen LogP contribution < -0.4 is 10.2 Å². The summed E-state index contributed by atoms with van der Waals surface area (Å²) < 4.78 is 7.91. The quantitative estimate of drug-likeness (QED) is 0.445. The zero-order valence-electron chi connectivity index (χ0n) is 19.6. The van der Waals surface area contributed by atoms with Crippen molar-refractivity contribution in [2.24, 2.45) is 0 Å². The molecule has 0 saturated heterocycles. The molecule has 0 saturated carbocycles. The maximum absolute atomic E-state index is 13.6. The van der Waals surface area contributed by atoms with Crippen molar-refractivity contribution in [1.82, 2.24) is 9.47 Å². The minimum atomic E-state index is -0.244. The lowest BCUT2D eigenvalue weighted by atomic mass is 9.83. The third-order valence-electron chi connectivity index (χ3n) is 6.36. The number of carbonyl (C=O) groups is 1. The number of benzene rings is 2. The number of rotatable bonds is 8. The summed E-state index contributed by atoms with van der Waals surface area (Å²) in [5, 5.41) is 0. The third-order valence-corrected chi connectivity index (χ3v) is 6.36. The first-order valence-corrected chi connectivity index (χ1v) is 11.8. The second-order valence-electron chi connectivity index (χ2n) is 8.88. The summed E-state index contributed by atoms with van der Waals surface area (Å²) in [6.45, 7) is 7.08. The highest BCUT2D eigenvalue weighted by molar-refractivity contribution is 5.96. The van der Waals surface area contributed by atoms with Crippen molar-refractivity contribution in [3.63, 3.8) is 0 Å². The fraction of sp³-hybridized carbons (Fsp3) is 0.357. The zero-order chi connectivity index (χ0) is 23.4. The van der Waals surface area contributed by atoms with Crippen molar-refractivity contribution in [2.45, 2.75) is 51.6 Å². The van der Waals surface area contributed by atoms with Crippen molar-refractivity contribution >= 4 is 5.91 Å².